The first-order chi connectivity index (χ1) is 14.8. The zero-order valence-corrected chi connectivity index (χ0v) is 22.8. The molecule has 174 valence electrons. The summed E-state index contributed by atoms with van der Waals surface area (Å²) in [5, 5.41) is 0. The molecule has 8 aliphatic carbocycles. The van der Waals surface area contributed by atoms with Gasteiger partial charge in [-0.15, -0.1) is 0 Å². The number of hydrogen-bond donors (Lipinski definition) is 0. The Morgan fingerprint density at radius 3 is 1.78 bits per heavy atom. The molecule has 8 aliphatic rings. The third-order valence-corrected chi connectivity index (χ3v) is 13.0. The fraction of sp³-hybridized carbons (Fsp3) is 0.806. The van der Waals surface area contributed by atoms with Crippen LogP contribution in [0.15, 0.2) is 22.7 Å². The van der Waals surface area contributed by atoms with Gasteiger partial charge < -0.3 is 0 Å². The van der Waals surface area contributed by atoms with Crippen LogP contribution in [-0.2, 0) is 5.41 Å². The first-order valence-corrected chi connectivity index (χ1v) is 14.4. The molecule has 0 heterocycles. The molecule has 4 unspecified atom stereocenters. The van der Waals surface area contributed by atoms with Crippen LogP contribution >= 0.6 is 15.9 Å². The van der Waals surface area contributed by atoms with Crippen molar-refractivity contribution in [3.63, 3.8) is 0 Å². The average molecular weight is 496 g/mol. The van der Waals surface area contributed by atoms with Crippen LogP contribution in [0.1, 0.15) is 116 Å². The lowest BCUT2D eigenvalue weighted by Gasteiger charge is -2.78. The van der Waals surface area contributed by atoms with Crippen molar-refractivity contribution in [1.29, 1.82) is 0 Å². The molecule has 0 radical (unpaired) electrons. The molecule has 0 amide bonds. The summed E-state index contributed by atoms with van der Waals surface area (Å²) in [5.41, 5.74) is 7.05. The molecule has 0 aliphatic heterocycles. The van der Waals surface area contributed by atoms with E-state index in [1.165, 1.54) is 67.8 Å². The Morgan fingerprint density at radius 1 is 0.656 bits per heavy atom. The van der Waals surface area contributed by atoms with Crippen molar-refractivity contribution in [3.05, 3.63) is 33.8 Å². The zero-order chi connectivity index (χ0) is 22.4. The molecule has 8 saturated carbocycles. The van der Waals surface area contributed by atoms with Crippen LogP contribution in [-0.4, -0.2) is 0 Å². The lowest BCUT2D eigenvalue weighted by atomic mass is 9.26. The van der Waals surface area contributed by atoms with Crippen molar-refractivity contribution in [3.8, 4) is 0 Å². The summed E-state index contributed by atoms with van der Waals surface area (Å²) in [6, 6.07) is 7.43. The highest BCUT2D eigenvalue weighted by atomic mass is 79.9. The van der Waals surface area contributed by atoms with Gasteiger partial charge in [0.25, 0.3) is 0 Å². The molecule has 32 heavy (non-hydrogen) atoms. The first-order valence-electron chi connectivity index (χ1n) is 13.6. The smallest absolute Gasteiger partial charge is 0.0204 e. The molecule has 1 aromatic rings. The molecule has 0 aromatic heterocycles. The summed E-state index contributed by atoms with van der Waals surface area (Å²) < 4.78 is 1.28. The minimum absolute atomic E-state index is 0.412. The molecule has 0 saturated heterocycles. The second-order valence-corrected chi connectivity index (χ2v) is 17.0. The Kier molecular flexibility index (Phi) is 3.77. The number of rotatable bonds is 2. The van der Waals surface area contributed by atoms with Crippen LogP contribution in [0.3, 0.4) is 0 Å². The minimum Gasteiger partial charge on any atom is -0.0596 e. The van der Waals surface area contributed by atoms with Gasteiger partial charge in [-0.05, 0) is 145 Å². The van der Waals surface area contributed by atoms with E-state index in [-0.39, 0.29) is 0 Å². The topological polar surface area (TPSA) is 0 Å². The van der Waals surface area contributed by atoms with Crippen LogP contribution in [0.4, 0.5) is 0 Å². The largest absolute Gasteiger partial charge is 0.0596 e. The summed E-state index contributed by atoms with van der Waals surface area (Å²) in [5.74, 6) is 1.01. The van der Waals surface area contributed by atoms with E-state index in [1.807, 2.05) is 0 Å². The van der Waals surface area contributed by atoms with Gasteiger partial charge in [-0.2, -0.15) is 0 Å². The maximum atomic E-state index is 3.79. The van der Waals surface area contributed by atoms with Gasteiger partial charge in [-0.25, -0.2) is 0 Å². The van der Waals surface area contributed by atoms with Gasteiger partial charge in [0.15, 0.2) is 0 Å². The van der Waals surface area contributed by atoms with E-state index in [4.69, 9.17) is 0 Å². The molecule has 8 bridgehead atoms. The Balaban J connectivity index is 1.40. The van der Waals surface area contributed by atoms with Crippen LogP contribution in [0.5, 0.6) is 0 Å². The second kappa shape index (κ2) is 5.74. The average Bonchev–Trinajstić information content (AvgIpc) is 2.57. The highest BCUT2D eigenvalue weighted by Crippen LogP contribution is 2.83. The normalized spacial score (nSPS) is 57.4. The SMILES string of the molecule is Cc1cc(C23CC4(C)CC(C)(C2)CC(C25CC6CC(C)(CC(C)(C6)C2)C5)(C4)C3)ccc1Br. The Morgan fingerprint density at radius 2 is 1.22 bits per heavy atom. The molecular formula is C31H43Br. The number of aryl methyl sites for hydroxylation is 1. The van der Waals surface area contributed by atoms with Gasteiger partial charge in [-0.3, -0.25) is 0 Å². The van der Waals surface area contributed by atoms with Crippen molar-refractivity contribution in [2.75, 3.05) is 0 Å². The van der Waals surface area contributed by atoms with Gasteiger partial charge in [0.2, 0.25) is 0 Å². The van der Waals surface area contributed by atoms with E-state index < -0.39 is 0 Å². The Labute approximate surface area is 204 Å². The van der Waals surface area contributed by atoms with Gasteiger partial charge in [0.1, 0.15) is 0 Å². The third kappa shape index (κ3) is 2.62. The lowest BCUT2D eigenvalue weighted by molar-refractivity contribution is -0.270. The summed E-state index contributed by atoms with van der Waals surface area (Å²) in [6.07, 6.45) is 18.2. The van der Waals surface area contributed by atoms with Gasteiger partial charge in [0, 0.05) is 4.47 Å². The predicted molar refractivity (Wildman–Crippen MR) is 137 cm³/mol. The fourth-order valence-electron chi connectivity index (χ4n) is 13.6. The zero-order valence-electron chi connectivity index (χ0n) is 21.2. The maximum absolute atomic E-state index is 3.79. The lowest BCUT2D eigenvalue weighted by Crippen LogP contribution is -2.69. The van der Waals surface area contributed by atoms with Gasteiger partial charge in [-0.1, -0.05) is 55.8 Å². The molecule has 0 spiro atoms. The first kappa shape index (κ1) is 21.0. The Hall–Kier alpha value is -0.300. The number of benzene rings is 1. The van der Waals surface area contributed by atoms with E-state index in [2.05, 4.69) is 68.7 Å². The minimum atomic E-state index is 0.412. The maximum Gasteiger partial charge on any atom is 0.0204 e. The van der Waals surface area contributed by atoms with Crippen LogP contribution in [0, 0.1) is 45.3 Å². The van der Waals surface area contributed by atoms with Crippen LogP contribution < -0.4 is 0 Å². The molecular weight excluding hydrogens is 452 g/mol. The number of halogens is 1. The predicted octanol–water partition coefficient (Wildman–Crippen LogP) is 9.37. The molecule has 0 N–H and O–H groups in total. The number of hydrogen-bond acceptors (Lipinski definition) is 0. The van der Waals surface area contributed by atoms with Crippen molar-refractivity contribution >= 4 is 15.9 Å². The third-order valence-electron chi connectivity index (χ3n) is 12.1. The van der Waals surface area contributed by atoms with Gasteiger partial charge >= 0.3 is 0 Å². The molecule has 8 fully saturated rings. The van der Waals surface area contributed by atoms with Crippen molar-refractivity contribution in [1.82, 2.24) is 0 Å². The quantitative estimate of drug-likeness (QED) is 0.383. The van der Waals surface area contributed by atoms with Crippen molar-refractivity contribution < 1.29 is 0 Å². The van der Waals surface area contributed by atoms with E-state index in [1.54, 1.807) is 24.8 Å². The van der Waals surface area contributed by atoms with Gasteiger partial charge in [0.05, 0.1) is 0 Å². The highest BCUT2D eigenvalue weighted by molar-refractivity contribution is 9.10. The van der Waals surface area contributed by atoms with E-state index in [0.717, 1.165) is 5.92 Å². The molecule has 1 aromatic carbocycles. The molecule has 0 nitrogen and oxygen atoms in total. The van der Waals surface area contributed by atoms with Crippen LogP contribution in [0.25, 0.3) is 0 Å². The molecule has 9 rings (SSSR count). The summed E-state index contributed by atoms with van der Waals surface area (Å²) >= 11 is 3.79. The molecule has 4 atom stereocenters. The van der Waals surface area contributed by atoms with E-state index >= 15 is 0 Å². The Bertz CT molecular complexity index is 981. The van der Waals surface area contributed by atoms with E-state index in [0.29, 0.717) is 37.9 Å². The summed E-state index contributed by atoms with van der Waals surface area (Å²) in [6.45, 7) is 13.1. The second-order valence-electron chi connectivity index (χ2n) is 16.1. The van der Waals surface area contributed by atoms with Crippen LogP contribution in [0.2, 0.25) is 0 Å². The van der Waals surface area contributed by atoms with Crippen molar-refractivity contribution in [2.24, 2.45) is 38.4 Å². The monoisotopic (exact) mass is 494 g/mol. The summed E-state index contributed by atoms with van der Waals surface area (Å²) in [7, 11) is 0. The standard InChI is InChI=1S/C31H43Br/c1-21-8-23(6-7-24(21)32)29-14-27(4)13-28(5,15-29)19-31(18-27,20-29)30-11-22-9-25(2,16-30)12-26(3,10-22)17-30/h6-8,22H,9-20H2,1-5H3. The summed E-state index contributed by atoms with van der Waals surface area (Å²) in [4.78, 5) is 0. The van der Waals surface area contributed by atoms with E-state index in [9.17, 15) is 0 Å². The fourth-order valence-corrected chi connectivity index (χ4v) is 13.8. The van der Waals surface area contributed by atoms with Crippen molar-refractivity contribution in [2.45, 2.75) is 117 Å². The highest BCUT2D eigenvalue weighted by Gasteiger charge is 2.74. The molecule has 1 heteroatoms.